The number of halogens is 3. The molecule has 2 aromatic rings. The predicted molar refractivity (Wildman–Crippen MR) is 110 cm³/mol. The number of carbonyl (C=O) groups is 2. The Morgan fingerprint density at radius 3 is 2.26 bits per heavy atom. The molecule has 0 bridgehead atoms. The lowest BCUT2D eigenvalue weighted by molar-refractivity contribution is -0.274. The number of aryl methyl sites for hydroxylation is 2. The summed E-state index contributed by atoms with van der Waals surface area (Å²) in [4.78, 5) is 28.3. The van der Waals surface area contributed by atoms with Gasteiger partial charge in [-0.15, -0.1) is 13.2 Å². The fraction of sp³-hybridized carbons (Fsp3) is 0.364. The first-order chi connectivity index (χ1) is 14.7. The van der Waals surface area contributed by atoms with Gasteiger partial charge in [0.05, 0.1) is 0 Å². The van der Waals surface area contributed by atoms with Gasteiger partial charge in [0.15, 0.2) is 0 Å². The maximum atomic E-state index is 12.5. The largest absolute Gasteiger partial charge is 0.573 e. The molecule has 0 unspecified atom stereocenters. The first kappa shape index (κ1) is 22.5. The molecule has 9 heteroatoms. The number of hydrogen-bond donors (Lipinski definition) is 1. The van der Waals surface area contributed by atoms with Crippen LogP contribution in [0.5, 0.6) is 5.75 Å². The van der Waals surface area contributed by atoms with Crippen molar-refractivity contribution in [2.45, 2.75) is 26.1 Å². The van der Waals surface area contributed by atoms with Gasteiger partial charge in [0.25, 0.3) is 0 Å². The summed E-state index contributed by atoms with van der Waals surface area (Å²) in [6.07, 6.45) is -4.06. The lowest BCUT2D eigenvalue weighted by Gasteiger charge is -2.34. The smallest absolute Gasteiger partial charge is 0.406 e. The molecule has 1 fully saturated rings. The highest BCUT2D eigenvalue weighted by atomic mass is 19.4. The molecular formula is C22H24F3N3O3. The highest BCUT2D eigenvalue weighted by Crippen LogP contribution is 2.23. The molecule has 3 amide bonds. The van der Waals surface area contributed by atoms with Crippen molar-refractivity contribution in [3.05, 3.63) is 59.7 Å². The third-order valence-electron chi connectivity index (χ3n) is 4.97. The van der Waals surface area contributed by atoms with Gasteiger partial charge in [-0.05, 0) is 48.7 Å². The lowest BCUT2D eigenvalue weighted by atomic mass is 10.1. The molecule has 6 nitrogen and oxygen atoms in total. The maximum absolute atomic E-state index is 12.5. The Morgan fingerprint density at radius 2 is 1.65 bits per heavy atom. The Morgan fingerprint density at radius 1 is 1.00 bits per heavy atom. The lowest BCUT2D eigenvalue weighted by Crippen LogP contribution is -2.51. The average Bonchev–Trinajstić information content (AvgIpc) is 2.72. The van der Waals surface area contributed by atoms with Gasteiger partial charge in [0.1, 0.15) is 5.75 Å². The van der Waals surface area contributed by atoms with Crippen LogP contribution >= 0.6 is 0 Å². The third kappa shape index (κ3) is 6.91. The Hall–Kier alpha value is -3.23. The van der Waals surface area contributed by atoms with E-state index in [1.165, 1.54) is 24.3 Å². The minimum atomic E-state index is -4.73. The summed E-state index contributed by atoms with van der Waals surface area (Å²) in [6.45, 7) is 3.71. The van der Waals surface area contributed by atoms with Crippen molar-refractivity contribution >= 4 is 17.6 Å². The molecule has 1 saturated heterocycles. The summed E-state index contributed by atoms with van der Waals surface area (Å²) >= 11 is 0. The summed E-state index contributed by atoms with van der Waals surface area (Å²) in [5, 5.41) is 2.86. The first-order valence-electron chi connectivity index (χ1n) is 9.95. The van der Waals surface area contributed by atoms with Gasteiger partial charge in [-0.2, -0.15) is 0 Å². The number of rotatable bonds is 5. The Bertz CT molecular complexity index is 908. The Labute approximate surface area is 178 Å². The summed E-state index contributed by atoms with van der Waals surface area (Å²) in [5.74, 6) is -0.336. The van der Waals surface area contributed by atoms with E-state index in [4.69, 9.17) is 0 Å². The van der Waals surface area contributed by atoms with E-state index >= 15 is 0 Å². The minimum Gasteiger partial charge on any atom is -0.406 e. The number of benzene rings is 2. The normalized spacial score (nSPS) is 14.3. The van der Waals surface area contributed by atoms with Crippen LogP contribution in [0.3, 0.4) is 0 Å². The van der Waals surface area contributed by atoms with Gasteiger partial charge in [0, 0.05) is 38.3 Å². The predicted octanol–water partition coefficient (Wildman–Crippen LogP) is 4.20. The number of nitrogens with one attached hydrogen (secondary N) is 1. The van der Waals surface area contributed by atoms with Crippen LogP contribution in [0.1, 0.15) is 17.5 Å². The van der Waals surface area contributed by atoms with Crippen molar-refractivity contribution in [3.8, 4) is 5.75 Å². The molecule has 3 rings (SSSR count). The molecule has 2 aromatic carbocycles. The molecule has 0 atom stereocenters. The maximum Gasteiger partial charge on any atom is 0.573 e. The first-order valence-corrected chi connectivity index (χ1v) is 9.95. The third-order valence-corrected chi connectivity index (χ3v) is 4.97. The van der Waals surface area contributed by atoms with Gasteiger partial charge in [-0.1, -0.05) is 24.3 Å². The number of piperazine rings is 1. The molecular weight excluding hydrogens is 411 g/mol. The van der Waals surface area contributed by atoms with Crippen molar-refractivity contribution in [1.29, 1.82) is 0 Å². The second kappa shape index (κ2) is 9.72. The quantitative estimate of drug-likeness (QED) is 0.766. The fourth-order valence-corrected chi connectivity index (χ4v) is 3.35. The number of nitrogens with zero attached hydrogens (tertiary/aromatic N) is 2. The van der Waals surface area contributed by atoms with Gasteiger partial charge >= 0.3 is 12.4 Å². The van der Waals surface area contributed by atoms with E-state index in [-0.39, 0.29) is 24.1 Å². The summed E-state index contributed by atoms with van der Waals surface area (Å²) < 4.78 is 40.4. The zero-order valence-electron chi connectivity index (χ0n) is 17.1. The van der Waals surface area contributed by atoms with Gasteiger partial charge < -0.3 is 19.9 Å². The number of anilines is 1. The van der Waals surface area contributed by atoms with Gasteiger partial charge in [-0.25, -0.2) is 4.79 Å². The van der Waals surface area contributed by atoms with E-state index in [2.05, 4.69) is 10.1 Å². The van der Waals surface area contributed by atoms with Crippen molar-refractivity contribution in [2.75, 3.05) is 31.5 Å². The van der Waals surface area contributed by atoms with Crippen LogP contribution < -0.4 is 10.1 Å². The van der Waals surface area contributed by atoms with Crippen LogP contribution in [0.2, 0.25) is 0 Å². The van der Waals surface area contributed by atoms with Crippen LogP contribution in [0.15, 0.2) is 48.5 Å². The van der Waals surface area contributed by atoms with Crippen LogP contribution in [0.4, 0.5) is 23.7 Å². The summed E-state index contributed by atoms with van der Waals surface area (Å²) in [5.41, 5.74) is 2.53. The topological polar surface area (TPSA) is 61.9 Å². The molecule has 0 saturated carbocycles. The Balaban J connectivity index is 1.42. The van der Waals surface area contributed by atoms with Crippen molar-refractivity contribution in [3.63, 3.8) is 0 Å². The molecule has 31 heavy (non-hydrogen) atoms. The van der Waals surface area contributed by atoms with E-state index in [0.29, 0.717) is 32.6 Å². The zero-order valence-corrected chi connectivity index (χ0v) is 17.1. The van der Waals surface area contributed by atoms with Crippen LogP contribution in [-0.4, -0.2) is 54.3 Å². The van der Waals surface area contributed by atoms with E-state index in [0.717, 1.165) is 16.8 Å². The molecule has 0 aromatic heterocycles. The number of urea groups is 1. The second-order valence-corrected chi connectivity index (χ2v) is 7.36. The van der Waals surface area contributed by atoms with Crippen LogP contribution in [-0.2, 0) is 11.2 Å². The van der Waals surface area contributed by atoms with Crippen molar-refractivity contribution < 1.29 is 27.5 Å². The molecule has 0 spiro atoms. The van der Waals surface area contributed by atoms with Gasteiger partial charge in [-0.3, -0.25) is 4.79 Å². The fourth-order valence-electron chi connectivity index (χ4n) is 3.35. The molecule has 1 aliphatic heterocycles. The number of alkyl halides is 3. The van der Waals surface area contributed by atoms with Crippen LogP contribution in [0, 0.1) is 6.92 Å². The molecule has 166 valence electrons. The van der Waals surface area contributed by atoms with E-state index in [1.54, 1.807) is 9.80 Å². The number of carbonyl (C=O) groups excluding carboxylic acids is 2. The molecule has 1 aliphatic rings. The second-order valence-electron chi connectivity index (χ2n) is 7.36. The average molecular weight is 435 g/mol. The monoisotopic (exact) mass is 435 g/mol. The highest BCUT2D eigenvalue weighted by Gasteiger charge is 2.31. The van der Waals surface area contributed by atoms with E-state index in [1.807, 2.05) is 31.2 Å². The minimum absolute atomic E-state index is 0.0469. The highest BCUT2D eigenvalue weighted by molar-refractivity contribution is 5.89. The standard InChI is InChI=1S/C22H24F3N3O3/c1-16-3-2-4-18(15-16)26-21(30)28-13-11-27(12-14-28)20(29)10-7-17-5-8-19(9-6-17)31-22(23,24)25/h2-6,8-9,15H,7,10-14H2,1H3,(H,26,30). The molecule has 0 aliphatic carbocycles. The number of amides is 3. The van der Waals surface area contributed by atoms with Crippen LogP contribution in [0.25, 0.3) is 0 Å². The van der Waals surface area contributed by atoms with E-state index < -0.39 is 6.36 Å². The van der Waals surface area contributed by atoms with Crippen molar-refractivity contribution in [1.82, 2.24) is 9.80 Å². The van der Waals surface area contributed by atoms with Crippen molar-refractivity contribution in [2.24, 2.45) is 0 Å². The Kier molecular flexibility index (Phi) is 7.04. The summed E-state index contributed by atoms with van der Waals surface area (Å²) in [6, 6.07) is 12.8. The molecule has 1 heterocycles. The molecule has 1 N–H and O–H groups in total. The SMILES string of the molecule is Cc1cccc(NC(=O)N2CCN(C(=O)CCc3ccc(OC(F)(F)F)cc3)CC2)c1. The zero-order chi connectivity index (χ0) is 22.4. The van der Waals surface area contributed by atoms with Gasteiger partial charge in [0.2, 0.25) is 5.91 Å². The molecule has 0 radical (unpaired) electrons. The number of hydrogen-bond acceptors (Lipinski definition) is 3. The summed E-state index contributed by atoms with van der Waals surface area (Å²) in [7, 11) is 0. The van der Waals surface area contributed by atoms with E-state index in [9.17, 15) is 22.8 Å². The number of ether oxygens (including phenoxy) is 1.